The molecule has 0 radical (unpaired) electrons. The van der Waals surface area contributed by atoms with Crippen molar-refractivity contribution in [2.75, 3.05) is 0 Å². The summed E-state index contributed by atoms with van der Waals surface area (Å²) in [6, 6.07) is 10.5. The van der Waals surface area contributed by atoms with Crippen LogP contribution in [0.15, 0.2) is 47.4 Å². The third-order valence-electron chi connectivity index (χ3n) is 1.94. The van der Waals surface area contributed by atoms with Crippen LogP contribution in [-0.4, -0.2) is 5.25 Å². The van der Waals surface area contributed by atoms with Crippen molar-refractivity contribution < 1.29 is 0 Å². The second-order valence-electron chi connectivity index (χ2n) is 3.17. The van der Waals surface area contributed by atoms with E-state index in [2.05, 4.69) is 44.7 Å². The molecular weight excluding hydrogens is 176 g/mol. The molecule has 1 rings (SSSR count). The standard InChI is InChI=1S/C12H16S/c1-4-12(10(2)3)13-11-8-6-5-7-9-11/h5-9,12H,2,4H2,1,3H3. The lowest BCUT2D eigenvalue weighted by Crippen LogP contribution is -2.00. The summed E-state index contributed by atoms with van der Waals surface area (Å²) in [7, 11) is 0. The van der Waals surface area contributed by atoms with Crippen LogP contribution in [0, 0.1) is 0 Å². The molecule has 0 fully saturated rings. The normalized spacial score (nSPS) is 12.5. The SMILES string of the molecule is C=C(C)C(CC)Sc1ccccc1. The molecule has 0 spiro atoms. The lowest BCUT2D eigenvalue weighted by molar-refractivity contribution is 0.928. The Balaban J connectivity index is 2.62. The van der Waals surface area contributed by atoms with Crippen molar-refractivity contribution in [3.63, 3.8) is 0 Å². The Kier molecular flexibility index (Phi) is 4.10. The molecule has 0 aliphatic rings. The lowest BCUT2D eigenvalue weighted by Gasteiger charge is -2.13. The van der Waals surface area contributed by atoms with Gasteiger partial charge in [-0.15, -0.1) is 11.8 Å². The summed E-state index contributed by atoms with van der Waals surface area (Å²) in [5.41, 5.74) is 1.26. The van der Waals surface area contributed by atoms with Crippen molar-refractivity contribution in [1.82, 2.24) is 0 Å². The maximum atomic E-state index is 4.00. The molecule has 0 amide bonds. The number of hydrogen-bond donors (Lipinski definition) is 0. The highest BCUT2D eigenvalue weighted by molar-refractivity contribution is 8.00. The fourth-order valence-electron chi connectivity index (χ4n) is 1.20. The maximum absolute atomic E-state index is 4.00. The van der Waals surface area contributed by atoms with Crippen LogP contribution in [0.2, 0.25) is 0 Å². The van der Waals surface area contributed by atoms with E-state index in [1.54, 1.807) is 0 Å². The lowest BCUT2D eigenvalue weighted by atomic mass is 10.2. The summed E-state index contributed by atoms with van der Waals surface area (Å²) in [6.07, 6.45) is 1.15. The van der Waals surface area contributed by atoms with Gasteiger partial charge in [0.05, 0.1) is 0 Å². The van der Waals surface area contributed by atoms with Gasteiger partial charge in [-0.2, -0.15) is 0 Å². The predicted molar refractivity (Wildman–Crippen MR) is 61.2 cm³/mol. The molecule has 1 aromatic carbocycles. The summed E-state index contributed by atoms with van der Waals surface area (Å²) in [5.74, 6) is 0. The van der Waals surface area contributed by atoms with Crippen molar-refractivity contribution in [1.29, 1.82) is 0 Å². The first-order valence-corrected chi connectivity index (χ1v) is 5.49. The zero-order chi connectivity index (χ0) is 9.68. The van der Waals surface area contributed by atoms with Crippen LogP contribution in [0.4, 0.5) is 0 Å². The zero-order valence-electron chi connectivity index (χ0n) is 8.29. The third kappa shape index (κ3) is 3.27. The molecule has 0 N–H and O–H groups in total. The van der Waals surface area contributed by atoms with E-state index in [4.69, 9.17) is 0 Å². The van der Waals surface area contributed by atoms with E-state index in [1.807, 2.05) is 17.8 Å². The van der Waals surface area contributed by atoms with E-state index < -0.39 is 0 Å². The molecule has 1 aromatic rings. The van der Waals surface area contributed by atoms with Gasteiger partial charge in [0.1, 0.15) is 0 Å². The largest absolute Gasteiger partial charge is 0.118 e. The van der Waals surface area contributed by atoms with Gasteiger partial charge < -0.3 is 0 Å². The fourth-order valence-corrected chi connectivity index (χ4v) is 2.21. The summed E-state index contributed by atoms with van der Waals surface area (Å²) >= 11 is 1.90. The predicted octanol–water partition coefficient (Wildman–Crippen LogP) is 4.13. The Bertz CT molecular complexity index is 264. The van der Waals surface area contributed by atoms with Crippen molar-refractivity contribution in [2.24, 2.45) is 0 Å². The minimum Gasteiger partial charge on any atom is -0.118 e. The highest BCUT2D eigenvalue weighted by Gasteiger charge is 2.07. The monoisotopic (exact) mass is 192 g/mol. The number of thioether (sulfide) groups is 1. The maximum Gasteiger partial charge on any atom is 0.0295 e. The summed E-state index contributed by atoms with van der Waals surface area (Å²) in [5, 5.41) is 0.558. The van der Waals surface area contributed by atoms with E-state index in [0.29, 0.717) is 5.25 Å². The first-order chi connectivity index (χ1) is 6.24. The topological polar surface area (TPSA) is 0 Å². The third-order valence-corrected chi connectivity index (χ3v) is 3.51. The van der Waals surface area contributed by atoms with Gasteiger partial charge in [0.2, 0.25) is 0 Å². The van der Waals surface area contributed by atoms with Gasteiger partial charge >= 0.3 is 0 Å². The van der Waals surface area contributed by atoms with Crippen molar-refractivity contribution in [3.8, 4) is 0 Å². The Morgan fingerprint density at radius 1 is 1.38 bits per heavy atom. The van der Waals surface area contributed by atoms with Crippen LogP contribution >= 0.6 is 11.8 Å². The minimum atomic E-state index is 0.558. The van der Waals surface area contributed by atoms with Gasteiger partial charge in [-0.05, 0) is 25.5 Å². The Labute approximate surface area is 85.1 Å². The quantitative estimate of drug-likeness (QED) is 0.510. The number of hydrogen-bond acceptors (Lipinski definition) is 1. The highest BCUT2D eigenvalue weighted by atomic mass is 32.2. The summed E-state index contributed by atoms with van der Waals surface area (Å²) in [6.45, 7) is 8.31. The minimum absolute atomic E-state index is 0.558. The van der Waals surface area contributed by atoms with Crippen LogP contribution in [0.5, 0.6) is 0 Å². The molecule has 1 unspecified atom stereocenters. The molecule has 0 nitrogen and oxygen atoms in total. The second-order valence-corrected chi connectivity index (χ2v) is 4.45. The van der Waals surface area contributed by atoms with Gasteiger partial charge in [0.25, 0.3) is 0 Å². The molecule has 0 aliphatic heterocycles. The highest BCUT2D eigenvalue weighted by Crippen LogP contribution is 2.28. The van der Waals surface area contributed by atoms with Gasteiger partial charge in [-0.25, -0.2) is 0 Å². The second kappa shape index (κ2) is 5.13. The van der Waals surface area contributed by atoms with E-state index in [-0.39, 0.29) is 0 Å². The van der Waals surface area contributed by atoms with E-state index in [1.165, 1.54) is 10.5 Å². The van der Waals surface area contributed by atoms with Crippen LogP contribution in [0.1, 0.15) is 20.3 Å². The van der Waals surface area contributed by atoms with E-state index in [9.17, 15) is 0 Å². The molecule has 0 saturated heterocycles. The molecule has 1 heteroatoms. The molecule has 0 aliphatic carbocycles. The zero-order valence-corrected chi connectivity index (χ0v) is 9.10. The molecule has 70 valence electrons. The molecule has 0 heterocycles. The fraction of sp³-hybridized carbons (Fsp3) is 0.333. The molecule has 0 aromatic heterocycles. The smallest absolute Gasteiger partial charge is 0.0295 e. The van der Waals surface area contributed by atoms with Crippen LogP contribution in [0.25, 0.3) is 0 Å². The Hall–Kier alpha value is -0.690. The van der Waals surface area contributed by atoms with Crippen molar-refractivity contribution in [2.45, 2.75) is 30.4 Å². The molecular formula is C12H16S. The van der Waals surface area contributed by atoms with Crippen LogP contribution < -0.4 is 0 Å². The Morgan fingerprint density at radius 2 is 2.00 bits per heavy atom. The van der Waals surface area contributed by atoms with Gasteiger partial charge in [-0.3, -0.25) is 0 Å². The number of benzene rings is 1. The first kappa shape index (κ1) is 10.4. The first-order valence-electron chi connectivity index (χ1n) is 4.61. The van der Waals surface area contributed by atoms with Crippen molar-refractivity contribution >= 4 is 11.8 Å². The number of rotatable bonds is 4. The van der Waals surface area contributed by atoms with Gasteiger partial charge in [0, 0.05) is 10.1 Å². The summed E-state index contributed by atoms with van der Waals surface area (Å²) in [4.78, 5) is 1.33. The molecule has 13 heavy (non-hydrogen) atoms. The van der Waals surface area contributed by atoms with Crippen LogP contribution in [-0.2, 0) is 0 Å². The van der Waals surface area contributed by atoms with Crippen molar-refractivity contribution in [3.05, 3.63) is 42.5 Å². The van der Waals surface area contributed by atoms with E-state index >= 15 is 0 Å². The average molecular weight is 192 g/mol. The van der Waals surface area contributed by atoms with E-state index in [0.717, 1.165) is 6.42 Å². The van der Waals surface area contributed by atoms with Gasteiger partial charge in [-0.1, -0.05) is 37.3 Å². The molecule has 0 saturated carbocycles. The average Bonchev–Trinajstić information content (AvgIpc) is 2.15. The van der Waals surface area contributed by atoms with Crippen LogP contribution in [0.3, 0.4) is 0 Å². The van der Waals surface area contributed by atoms with Gasteiger partial charge in [0.15, 0.2) is 0 Å². The summed E-state index contributed by atoms with van der Waals surface area (Å²) < 4.78 is 0. The Morgan fingerprint density at radius 3 is 2.46 bits per heavy atom. The molecule has 1 atom stereocenters. The molecule has 0 bridgehead atoms.